The number of nitrogens with zero attached hydrogens (tertiary/aromatic N) is 1. The van der Waals surface area contributed by atoms with Crippen LogP contribution in [0.1, 0.15) is 13.3 Å². The quantitative estimate of drug-likeness (QED) is 0.614. The van der Waals surface area contributed by atoms with Crippen molar-refractivity contribution in [1.82, 2.24) is 4.90 Å². The van der Waals surface area contributed by atoms with E-state index in [0.29, 0.717) is 6.04 Å². The first kappa shape index (κ1) is 11.3. The van der Waals surface area contributed by atoms with E-state index in [0.717, 1.165) is 25.3 Å². The van der Waals surface area contributed by atoms with Gasteiger partial charge in [-0.2, -0.15) is 12.6 Å². The summed E-state index contributed by atoms with van der Waals surface area (Å²) >= 11 is 4.16. The van der Waals surface area contributed by atoms with E-state index in [1.807, 2.05) is 0 Å². The molecule has 68 valence electrons. The number of thiol groups is 1. The van der Waals surface area contributed by atoms with Gasteiger partial charge in [0.05, 0.1) is 6.61 Å². The molecular weight excluding hydrogens is 158 g/mol. The third-order valence-electron chi connectivity index (χ3n) is 1.83. The van der Waals surface area contributed by atoms with Crippen molar-refractivity contribution in [2.45, 2.75) is 19.4 Å². The summed E-state index contributed by atoms with van der Waals surface area (Å²) in [6.45, 7) is 4.08. The zero-order valence-corrected chi connectivity index (χ0v) is 8.60. The molecule has 1 unspecified atom stereocenters. The normalized spacial score (nSPS) is 13.9. The summed E-state index contributed by atoms with van der Waals surface area (Å²) in [5.41, 5.74) is 0. The Morgan fingerprint density at radius 1 is 1.55 bits per heavy atom. The second kappa shape index (κ2) is 6.95. The molecule has 0 N–H and O–H groups in total. The Kier molecular flexibility index (Phi) is 7.12. The Morgan fingerprint density at radius 2 is 2.18 bits per heavy atom. The van der Waals surface area contributed by atoms with Gasteiger partial charge in [-0.15, -0.1) is 0 Å². The average molecular weight is 177 g/mol. The summed E-state index contributed by atoms with van der Waals surface area (Å²) < 4.78 is 5.04. The maximum absolute atomic E-state index is 5.04. The first-order valence-electron chi connectivity index (χ1n) is 4.02. The first-order chi connectivity index (χ1) is 5.22. The summed E-state index contributed by atoms with van der Waals surface area (Å²) in [5.74, 6) is 0.962. The minimum Gasteiger partial charge on any atom is -0.383 e. The SMILES string of the molecule is COCC(C)N(C)CCCS. The van der Waals surface area contributed by atoms with Gasteiger partial charge in [-0.25, -0.2) is 0 Å². The fourth-order valence-electron chi connectivity index (χ4n) is 0.909. The highest BCUT2D eigenvalue weighted by Gasteiger charge is 2.06. The maximum Gasteiger partial charge on any atom is 0.0615 e. The van der Waals surface area contributed by atoms with E-state index in [1.165, 1.54) is 0 Å². The standard InChI is InChI=1S/C8H19NOS/c1-8(7-10-3)9(2)5-4-6-11/h8,11H,4-7H2,1-3H3. The average Bonchev–Trinajstić information content (AvgIpc) is 2.00. The number of methoxy groups -OCH3 is 1. The highest BCUT2D eigenvalue weighted by atomic mass is 32.1. The zero-order valence-electron chi connectivity index (χ0n) is 7.71. The molecule has 0 heterocycles. The molecule has 0 amide bonds. The fourth-order valence-corrected chi connectivity index (χ4v) is 1.05. The molecule has 0 aliphatic heterocycles. The smallest absolute Gasteiger partial charge is 0.0615 e. The van der Waals surface area contributed by atoms with Gasteiger partial charge >= 0.3 is 0 Å². The van der Waals surface area contributed by atoms with Gasteiger partial charge in [0.2, 0.25) is 0 Å². The van der Waals surface area contributed by atoms with Crippen LogP contribution >= 0.6 is 12.6 Å². The van der Waals surface area contributed by atoms with Crippen LogP contribution in [0.4, 0.5) is 0 Å². The molecular formula is C8H19NOS. The summed E-state index contributed by atoms with van der Waals surface area (Å²) in [4.78, 5) is 2.29. The van der Waals surface area contributed by atoms with Crippen LogP contribution in [-0.4, -0.2) is 44.0 Å². The lowest BCUT2D eigenvalue weighted by Gasteiger charge is -2.23. The zero-order chi connectivity index (χ0) is 8.69. The van der Waals surface area contributed by atoms with Gasteiger partial charge in [-0.05, 0) is 32.7 Å². The van der Waals surface area contributed by atoms with Gasteiger partial charge in [0, 0.05) is 13.2 Å². The lowest BCUT2D eigenvalue weighted by Crippen LogP contribution is -2.33. The number of ether oxygens (including phenoxy) is 1. The van der Waals surface area contributed by atoms with Crippen molar-refractivity contribution < 1.29 is 4.74 Å². The highest BCUT2D eigenvalue weighted by molar-refractivity contribution is 7.80. The largest absolute Gasteiger partial charge is 0.383 e. The topological polar surface area (TPSA) is 12.5 Å². The molecule has 11 heavy (non-hydrogen) atoms. The summed E-state index contributed by atoms with van der Waals surface area (Å²) in [5, 5.41) is 0. The van der Waals surface area contributed by atoms with E-state index >= 15 is 0 Å². The Hall–Kier alpha value is 0.270. The fraction of sp³-hybridized carbons (Fsp3) is 1.00. The van der Waals surface area contributed by atoms with Gasteiger partial charge in [-0.3, -0.25) is 0 Å². The monoisotopic (exact) mass is 177 g/mol. The number of hydrogen-bond donors (Lipinski definition) is 1. The Labute approximate surface area is 75.3 Å². The molecule has 0 radical (unpaired) electrons. The van der Waals surface area contributed by atoms with E-state index in [-0.39, 0.29) is 0 Å². The van der Waals surface area contributed by atoms with E-state index in [9.17, 15) is 0 Å². The van der Waals surface area contributed by atoms with Crippen molar-refractivity contribution >= 4 is 12.6 Å². The predicted molar refractivity (Wildman–Crippen MR) is 52.4 cm³/mol. The van der Waals surface area contributed by atoms with Gasteiger partial charge in [0.1, 0.15) is 0 Å². The van der Waals surface area contributed by atoms with Gasteiger partial charge < -0.3 is 9.64 Å². The molecule has 0 saturated heterocycles. The molecule has 0 saturated carbocycles. The molecule has 0 rings (SSSR count). The van der Waals surface area contributed by atoms with Crippen LogP contribution in [0.5, 0.6) is 0 Å². The minimum atomic E-state index is 0.514. The van der Waals surface area contributed by atoms with Crippen LogP contribution < -0.4 is 0 Å². The second-order valence-electron chi connectivity index (χ2n) is 2.86. The molecule has 1 atom stereocenters. The van der Waals surface area contributed by atoms with Crippen LogP contribution in [0.3, 0.4) is 0 Å². The third-order valence-corrected chi connectivity index (χ3v) is 2.15. The Balaban J connectivity index is 3.38. The molecule has 0 aromatic heterocycles. The van der Waals surface area contributed by atoms with Crippen LogP contribution in [0.25, 0.3) is 0 Å². The van der Waals surface area contributed by atoms with Crippen molar-refractivity contribution in [3.63, 3.8) is 0 Å². The Morgan fingerprint density at radius 3 is 2.64 bits per heavy atom. The molecule has 0 aliphatic carbocycles. The summed E-state index contributed by atoms with van der Waals surface area (Å²) in [6.07, 6.45) is 1.15. The molecule has 0 aromatic rings. The van der Waals surface area contributed by atoms with Crippen molar-refractivity contribution in [3.05, 3.63) is 0 Å². The molecule has 0 aromatic carbocycles. The third kappa shape index (κ3) is 5.53. The second-order valence-corrected chi connectivity index (χ2v) is 3.31. The van der Waals surface area contributed by atoms with E-state index < -0.39 is 0 Å². The molecule has 0 bridgehead atoms. The number of rotatable bonds is 6. The van der Waals surface area contributed by atoms with Gasteiger partial charge in [0.25, 0.3) is 0 Å². The maximum atomic E-state index is 5.04. The van der Waals surface area contributed by atoms with Crippen LogP contribution in [-0.2, 0) is 4.74 Å². The Bertz CT molecular complexity index is 90.2. The van der Waals surface area contributed by atoms with Gasteiger partial charge in [0.15, 0.2) is 0 Å². The van der Waals surface area contributed by atoms with Crippen LogP contribution in [0.15, 0.2) is 0 Å². The first-order valence-corrected chi connectivity index (χ1v) is 4.65. The number of hydrogen-bond acceptors (Lipinski definition) is 3. The van der Waals surface area contributed by atoms with E-state index in [4.69, 9.17) is 4.74 Å². The predicted octanol–water partition coefficient (Wildman–Crippen LogP) is 1.27. The van der Waals surface area contributed by atoms with Crippen molar-refractivity contribution in [3.8, 4) is 0 Å². The van der Waals surface area contributed by atoms with E-state index in [1.54, 1.807) is 7.11 Å². The summed E-state index contributed by atoms with van der Waals surface area (Å²) in [7, 11) is 3.86. The molecule has 0 fully saturated rings. The molecule has 2 nitrogen and oxygen atoms in total. The summed E-state index contributed by atoms with van der Waals surface area (Å²) in [6, 6.07) is 0.514. The lowest BCUT2D eigenvalue weighted by molar-refractivity contribution is 0.116. The van der Waals surface area contributed by atoms with Gasteiger partial charge in [-0.1, -0.05) is 0 Å². The minimum absolute atomic E-state index is 0.514. The highest BCUT2D eigenvalue weighted by Crippen LogP contribution is 1.97. The van der Waals surface area contributed by atoms with Crippen LogP contribution in [0.2, 0.25) is 0 Å². The van der Waals surface area contributed by atoms with Crippen molar-refractivity contribution in [2.75, 3.05) is 33.1 Å². The van der Waals surface area contributed by atoms with E-state index in [2.05, 4.69) is 31.5 Å². The number of likely N-dealkylation sites (N-methyl/N-ethyl adjacent to an activating group) is 1. The van der Waals surface area contributed by atoms with Crippen molar-refractivity contribution in [1.29, 1.82) is 0 Å². The molecule has 0 spiro atoms. The molecule has 0 aliphatic rings. The van der Waals surface area contributed by atoms with Crippen molar-refractivity contribution in [2.24, 2.45) is 0 Å². The lowest BCUT2D eigenvalue weighted by atomic mass is 10.3. The molecule has 3 heteroatoms. The van der Waals surface area contributed by atoms with Crippen LogP contribution in [0, 0.1) is 0 Å².